The summed E-state index contributed by atoms with van der Waals surface area (Å²) in [6.45, 7) is 9.94. The minimum Gasteiger partial charge on any atom is -0.395 e. The van der Waals surface area contributed by atoms with Gasteiger partial charge < -0.3 is 8.85 Å². The van der Waals surface area contributed by atoms with Crippen molar-refractivity contribution in [3.63, 3.8) is 0 Å². The molecule has 0 fully saturated rings. The van der Waals surface area contributed by atoms with Gasteiger partial charge in [-0.3, -0.25) is 11.3 Å². The molecule has 0 spiro atoms. The second kappa shape index (κ2) is 8.24. The molecule has 0 amide bonds. The van der Waals surface area contributed by atoms with Gasteiger partial charge in [-0.25, -0.2) is 0 Å². The Morgan fingerprint density at radius 3 is 2.53 bits per heavy atom. The van der Waals surface area contributed by atoms with Crippen LogP contribution in [0, 0.1) is 0 Å². The van der Waals surface area contributed by atoms with Crippen LogP contribution in [-0.2, 0) is 8.85 Å². The van der Waals surface area contributed by atoms with E-state index in [1.165, 1.54) is 0 Å². The van der Waals surface area contributed by atoms with E-state index in [1.807, 2.05) is 6.92 Å². The van der Waals surface area contributed by atoms with Crippen LogP contribution in [0.1, 0.15) is 33.6 Å². The lowest BCUT2D eigenvalue weighted by atomic mass is 10.3. The SMILES string of the molecule is CCO[Si](C)(CCCNN)OC(C)CC. The summed E-state index contributed by atoms with van der Waals surface area (Å²) in [7, 11) is -1.97. The number of hydrazine groups is 1. The van der Waals surface area contributed by atoms with E-state index in [0.29, 0.717) is 6.10 Å². The molecule has 0 rings (SSSR count). The third kappa shape index (κ3) is 7.02. The van der Waals surface area contributed by atoms with Crippen LogP contribution < -0.4 is 11.3 Å². The van der Waals surface area contributed by atoms with Gasteiger partial charge in [0, 0.05) is 19.3 Å². The minimum atomic E-state index is -1.97. The van der Waals surface area contributed by atoms with E-state index in [9.17, 15) is 0 Å². The Morgan fingerprint density at radius 1 is 1.40 bits per heavy atom. The van der Waals surface area contributed by atoms with E-state index in [0.717, 1.165) is 32.0 Å². The maximum absolute atomic E-state index is 6.02. The molecule has 0 radical (unpaired) electrons. The maximum Gasteiger partial charge on any atom is 0.335 e. The molecule has 0 saturated carbocycles. The van der Waals surface area contributed by atoms with Crippen molar-refractivity contribution >= 4 is 8.56 Å². The number of hydrogen-bond acceptors (Lipinski definition) is 4. The van der Waals surface area contributed by atoms with Gasteiger partial charge in [0.05, 0.1) is 0 Å². The largest absolute Gasteiger partial charge is 0.395 e. The normalized spacial score (nSPS) is 17.4. The van der Waals surface area contributed by atoms with Gasteiger partial charge in [-0.05, 0) is 39.3 Å². The molecule has 0 aromatic rings. The van der Waals surface area contributed by atoms with Crippen molar-refractivity contribution in [3.05, 3.63) is 0 Å². The maximum atomic E-state index is 6.02. The van der Waals surface area contributed by atoms with Crippen molar-refractivity contribution in [3.8, 4) is 0 Å². The van der Waals surface area contributed by atoms with Crippen LogP contribution in [0.25, 0.3) is 0 Å². The first-order valence-corrected chi connectivity index (χ1v) is 8.35. The van der Waals surface area contributed by atoms with Gasteiger partial charge in [0.1, 0.15) is 0 Å². The lowest BCUT2D eigenvalue weighted by Gasteiger charge is -2.29. The number of nitrogens with one attached hydrogen (secondary N) is 1. The highest BCUT2D eigenvalue weighted by Crippen LogP contribution is 2.18. The van der Waals surface area contributed by atoms with Crippen LogP contribution in [0.4, 0.5) is 0 Å². The molecule has 0 aliphatic heterocycles. The molecule has 0 aliphatic carbocycles. The van der Waals surface area contributed by atoms with Gasteiger partial charge in [0.2, 0.25) is 0 Å². The number of hydrogen-bond donors (Lipinski definition) is 2. The summed E-state index contributed by atoms with van der Waals surface area (Å²) >= 11 is 0. The quantitative estimate of drug-likeness (QED) is 0.276. The lowest BCUT2D eigenvalue weighted by Crippen LogP contribution is -2.42. The molecule has 2 atom stereocenters. The van der Waals surface area contributed by atoms with Crippen LogP contribution in [0.2, 0.25) is 12.6 Å². The highest BCUT2D eigenvalue weighted by atomic mass is 28.4. The third-order valence-corrected chi connectivity index (χ3v) is 5.49. The first-order valence-electron chi connectivity index (χ1n) is 5.83. The molecule has 4 nitrogen and oxygen atoms in total. The van der Waals surface area contributed by atoms with Crippen LogP contribution in [-0.4, -0.2) is 27.8 Å². The Kier molecular flexibility index (Phi) is 8.27. The summed E-state index contributed by atoms with van der Waals surface area (Å²) < 4.78 is 11.8. The van der Waals surface area contributed by atoms with Gasteiger partial charge in [-0.2, -0.15) is 0 Å². The molecule has 2 unspecified atom stereocenters. The zero-order valence-corrected chi connectivity index (χ0v) is 11.5. The minimum absolute atomic E-state index is 0.291. The van der Waals surface area contributed by atoms with Crippen molar-refractivity contribution in [2.45, 2.75) is 52.3 Å². The Morgan fingerprint density at radius 2 is 2.07 bits per heavy atom. The van der Waals surface area contributed by atoms with Gasteiger partial charge >= 0.3 is 8.56 Å². The lowest BCUT2D eigenvalue weighted by molar-refractivity contribution is 0.127. The van der Waals surface area contributed by atoms with E-state index < -0.39 is 8.56 Å². The predicted molar refractivity (Wildman–Crippen MR) is 65.7 cm³/mol. The second-order valence-electron chi connectivity index (χ2n) is 3.96. The summed E-state index contributed by atoms with van der Waals surface area (Å²) in [6.07, 6.45) is 2.33. The molecule has 0 aromatic heterocycles. The fraction of sp³-hybridized carbons (Fsp3) is 1.00. The second-order valence-corrected chi connectivity index (χ2v) is 7.25. The van der Waals surface area contributed by atoms with Crippen molar-refractivity contribution in [2.24, 2.45) is 5.84 Å². The zero-order valence-electron chi connectivity index (χ0n) is 10.5. The topological polar surface area (TPSA) is 56.5 Å². The summed E-state index contributed by atoms with van der Waals surface area (Å²) in [5, 5.41) is 0. The molecule has 0 bridgehead atoms. The van der Waals surface area contributed by atoms with Crippen molar-refractivity contribution < 1.29 is 8.85 Å². The smallest absolute Gasteiger partial charge is 0.335 e. The Hall–Kier alpha value is 0.0569. The molecule has 0 heterocycles. The van der Waals surface area contributed by atoms with E-state index >= 15 is 0 Å². The highest BCUT2D eigenvalue weighted by Gasteiger charge is 2.32. The van der Waals surface area contributed by atoms with Crippen LogP contribution in [0.5, 0.6) is 0 Å². The summed E-state index contributed by atoms with van der Waals surface area (Å²) in [6, 6.07) is 0.995. The molecular weight excluding hydrogens is 208 g/mol. The van der Waals surface area contributed by atoms with Crippen LogP contribution in [0.3, 0.4) is 0 Å². The predicted octanol–water partition coefficient (Wildman–Crippen LogP) is 1.76. The van der Waals surface area contributed by atoms with Crippen LogP contribution in [0.15, 0.2) is 0 Å². The van der Waals surface area contributed by atoms with Gasteiger partial charge in [-0.15, -0.1) is 0 Å². The Labute approximate surface area is 94.7 Å². The zero-order chi connectivity index (χ0) is 11.7. The summed E-state index contributed by atoms with van der Waals surface area (Å²) in [4.78, 5) is 0. The highest BCUT2D eigenvalue weighted by molar-refractivity contribution is 6.66. The van der Waals surface area contributed by atoms with E-state index in [1.54, 1.807) is 0 Å². The van der Waals surface area contributed by atoms with E-state index in [-0.39, 0.29) is 0 Å². The first kappa shape index (κ1) is 15.1. The van der Waals surface area contributed by atoms with Gasteiger partial charge in [-0.1, -0.05) is 6.92 Å². The van der Waals surface area contributed by atoms with Gasteiger partial charge in [0.25, 0.3) is 0 Å². The van der Waals surface area contributed by atoms with Crippen LogP contribution >= 0.6 is 0 Å². The Bertz CT molecular complexity index is 160. The molecule has 5 heteroatoms. The third-order valence-electron chi connectivity index (χ3n) is 2.43. The van der Waals surface area contributed by atoms with Crippen molar-refractivity contribution in [2.75, 3.05) is 13.2 Å². The molecule has 92 valence electrons. The average molecular weight is 234 g/mol. The molecule has 3 N–H and O–H groups in total. The fourth-order valence-electron chi connectivity index (χ4n) is 1.49. The molecule has 15 heavy (non-hydrogen) atoms. The molecular formula is C10H26N2O2Si. The van der Waals surface area contributed by atoms with Crippen molar-refractivity contribution in [1.82, 2.24) is 5.43 Å². The molecule has 0 saturated heterocycles. The summed E-state index contributed by atoms with van der Waals surface area (Å²) in [5.41, 5.74) is 2.66. The molecule has 0 aliphatic rings. The number of rotatable bonds is 9. The first-order chi connectivity index (χ1) is 7.08. The van der Waals surface area contributed by atoms with E-state index in [4.69, 9.17) is 14.7 Å². The Balaban J connectivity index is 4.05. The monoisotopic (exact) mass is 234 g/mol. The standard InChI is InChI=1S/C10H26N2O2Si/c1-5-10(3)14-15(4,13-6-2)9-7-8-12-11/h10,12H,5-9,11H2,1-4H3. The molecule has 0 aromatic carbocycles. The van der Waals surface area contributed by atoms with Crippen molar-refractivity contribution in [1.29, 1.82) is 0 Å². The fourth-order valence-corrected chi connectivity index (χ4v) is 4.27. The summed E-state index contributed by atoms with van der Waals surface area (Å²) in [5.74, 6) is 5.24. The number of nitrogens with two attached hydrogens (primary N) is 1. The average Bonchev–Trinajstić information content (AvgIpc) is 2.18. The van der Waals surface area contributed by atoms with Gasteiger partial charge in [0.15, 0.2) is 0 Å². The van der Waals surface area contributed by atoms with E-state index in [2.05, 4.69) is 25.8 Å².